The summed E-state index contributed by atoms with van der Waals surface area (Å²) in [5.41, 5.74) is 0.0377. The zero-order valence-electron chi connectivity index (χ0n) is 21.2. The number of nitrogens with one attached hydrogen (secondary N) is 1. The van der Waals surface area contributed by atoms with E-state index in [0.29, 0.717) is 36.5 Å². The van der Waals surface area contributed by atoms with Crippen molar-refractivity contribution in [1.29, 1.82) is 0 Å². The van der Waals surface area contributed by atoms with Gasteiger partial charge in [-0.15, -0.1) is 0 Å². The van der Waals surface area contributed by atoms with Crippen LogP contribution in [0.5, 0.6) is 0 Å². The minimum absolute atomic E-state index is 0.0352. The normalized spacial score (nSPS) is 47.6. The lowest BCUT2D eigenvalue weighted by Gasteiger charge is -2.63. The van der Waals surface area contributed by atoms with E-state index in [-0.39, 0.29) is 34.7 Å². The molecule has 4 rings (SSSR count). The van der Waals surface area contributed by atoms with Gasteiger partial charge in [0.2, 0.25) is 5.91 Å². The van der Waals surface area contributed by atoms with Gasteiger partial charge in [-0.1, -0.05) is 20.8 Å². The summed E-state index contributed by atoms with van der Waals surface area (Å²) in [6.45, 7) is 8.36. The van der Waals surface area contributed by atoms with Crippen molar-refractivity contribution in [3.8, 4) is 0 Å². The molecule has 0 heterocycles. The first-order chi connectivity index (χ1) is 15.9. The van der Waals surface area contributed by atoms with Crippen molar-refractivity contribution in [2.24, 2.45) is 46.3 Å². The van der Waals surface area contributed by atoms with Crippen LogP contribution in [0, 0.1) is 46.3 Å². The van der Waals surface area contributed by atoms with Gasteiger partial charge in [0.1, 0.15) is 6.04 Å². The second kappa shape index (κ2) is 9.36. The summed E-state index contributed by atoms with van der Waals surface area (Å²) >= 11 is 0. The number of hydrogen-bond donors (Lipinski definition) is 5. The number of carbonyl (C=O) groups is 2. The van der Waals surface area contributed by atoms with E-state index in [0.717, 1.165) is 44.9 Å². The topological polar surface area (TPSA) is 127 Å². The third kappa shape index (κ3) is 4.20. The van der Waals surface area contributed by atoms with E-state index >= 15 is 0 Å². The van der Waals surface area contributed by atoms with Crippen LogP contribution in [0.1, 0.15) is 85.5 Å². The first-order valence-corrected chi connectivity index (χ1v) is 13.5. The molecule has 7 heteroatoms. The number of hydrogen-bond acceptors (Lipinski definition) is 5. The van der Waals surface area contributed by atoms with Crippen LogP contribution in [0.4, 0.5) is 0 Å². The Bertz CT molecular complexity index is 789. The molecule has 34 heavy (non-hydrogen) atoms. The van der Waals surface area contributed by atoms with Crippen LogP contribution >= 0.6 is 0 Å². The van der Waals surface area contributed by atoms with Gasteiger partial charge < -0.3 is 25.7 Å². The fourth-order valence-corrected chi connectivity index (χ4v) is 9.15. The molecule has 0 aromatic rings. The van der Waals surface area contributed by atoms with E-state index in [2.05, 4.69) is 26.1 Å². The molecule has 0 radical (unpaired) electrons. The van der Waals surface area contributed by atoms with Gasteiger partial charge in [-0.25, -0.2) is 0 Å². The van der Waals surface area contributed by atoms with Crippen molar-refractivity contribution in [2.45, 2.75) is 110 Å². The average molecular weight is 480 g/mol. The van der Waals surface area contributed by atoms with Gasteiger partial charge in [0, 0.05) is 6.42 Å². The summed E-state index contributed by atoms with van der Waals surface area (Å²) in [5, 5.41) is 44.4. The second-order valence-corrected chi connectivity index (χ2v) is 12.7. The second-order valence-electron chi connectivity index (χ2n) is 12.7. The molecule has 194 valence electrons. The highest BCUT2D eigenvalue weighted by molar-refractivity contribution is 5.83. The molecule has 0 aromatic carbocycles. The van der Waals surface area contributed by atoms with Crippen LogP contribution in [0.3, 0.4) is 0 Å². The number of rotatable bonds is 6. The molecule has 0 bridgehead atoms. The van der Waals surface area contributed by atoms with Crippen molar-refractivity contribution in [3.63, 3.8) is 0 Å². The van der Waals surface area contributed by atoms with E-state index in [1.165, 1.54) is 6.92 Å². The molecule has 0 unspecified atom stereocenters. The zero-order chi connectivity index (χ0) is 25.0. The van der Waals surface area contributed by atoms with Crippen molar-refractivity contribution < 1.29 is 30.0 Å². The number of aliphatic hydroxyl groups is 3. The smallest absolute Gasteiger partial charge is 0.325 e. The lowest BCUT2D eigenvalue weighted by molar-refractivity contribution is -0.223. The molecule has 4 fully saturated rings. The monoisotopic (exact) mass is 479 g/mol. The van der Waals surface area contributed by atoms with Crippen molar-refractivity contribution >= 4 is 11.9 Å². The zero-order valence-corrected chi connectivity index (χ0v) is 21.2. The van der Waals surface area contributed by atoms with Gasteiger partial charge in [0.25, 0.3) is 0 Å². The van der Waals surface area contributed by atoms with Crippen LogP contribution in [0.25, 0.3) is 0 Å². The number of fused-ring (bicyclic) bond motifs is 5. The standard InChI is InChI=1S/C27H45NO6/c1-14(5-8-21(30)28-15(2)25(33)34)17-6-7-18-22-19(10-12-26(17,18)3)27(4)11-9-16(29)13-20(27)23(31)24(22)32/h14-20,22-24,29,31-32H,5-13H2,1-4H3,(H,28,30)(H,33,34)/t14-,15-,16-,17-,18+,19+,20+,22+,23+,24-,26-,27-/m1/s1. The third-order valence-corrected chi connectivity index (χ3v) is 11.1. The molecule has 0 aliphatic heterocycles. The molecule has 0 spiro atoms. The first-order valence-electron chi connectivity index (χ1n) is 13.5. The van der Waals surface area contributed by atoms with E-state index in [1.807, 2.05) is 0 Å². The Labute approximate surface area is 203 Å². The molecule has 4 aliphatic carbocycles. The summed E-state index contributed by atoms with van der Waals surface area (Å²) in [4.78, 5) is 23.3. The molecule has 4 aliphatic rings. The molecular formula is C27H45NO6. The Balaban J connectivity index is 1.46. The van der Waals surface area contributed by atoms with Crippen LogP contribution in [-0.2, 0) is 9.59 Å². The van der Waals surface area contributed by atoms with E-state index in [1.54, 1.807) is 0 Å². The lowest BCUT2D eigenvalue weighted by atomic mass is 9.43. The summed E-state index contributed by atoms with van der Waals surface area (Å²) in [7, 11) is 0. The summed E-state index contributed by atoms with van der Waals surface area (Å²) in [6.07, 6.45) is 5.69. The molecule has 0 aromatic heterocycles. The maximum Gasteiger partial charge on any atom is 0.325 e. The molecule has 4 saturated carbocycles. The predicted molar refractivity (Wildman–Crippen MR) is 128 cm³/mol. The summed E-state index contributed by atoms with van der Waals surface area (Å²) < 4.78 is 0. The Morgan fingerprint density at radius 1 is 0.912 bits per heavy atom. The van der Waals surface area contributed by atoms with E-state index in [9.17, 15) is 24.9 Å². The van der Waals surface area contributed by atoms with Crippen molar-refractivity contribution in [1.82, 2.24) is 5.32 Å². The number of aliphatic hydroxyl groups excluding tert-OH is 3. The van der Waals surface area contributed by atoms with E-state index < -0.39 is 24.2 Å². The van der Waals surface area contributed by atoms with Crippen LogP contribution in [-0.4, -0.2) is 56.7 Å². The van der Waals surface area contributed by atoms with Gasteiger partial charge in [-0.05, 0) is 105 Å². The number of carboxylic acid groups (broad SMARTS) is 1. The average Bonchev–Trinajstić information content (AvgIpc) is 3.13. The van der Waals surface area contributed by atoms with Gasteiger partial charge in [-0.2, -0.15) is 0 Å². The largest absolute Gasteiger partial charge is 0.480 e. The van der Waals surface area contributed by atoms with Crippen molar-refractivity contribution in [2.75, 3.05) is 0 Å². The van der Waals surface area contributed by atoms with Crippen LogP contribution in [0.15, 0.2) is 0 Å². The fraction of sp³-hybridized carbons (Fsp3) is 0.926. The maximum atomic E-state index is 12.2. The quantitative estimate of drug-likeness (QED) is 0.399. The maximum absolute atomic E-state index is 12.2. The lowest BCUT2D eigenvalue weighted by Crippen LogP contribution is -2.64. The molecule has 7 nitrogen and oxygen atoms in total. The fourth-order valence-electron chi connectivity index (χ4n) is 9.15. The highest BCUT2D eigenvalue weighted by Gasteiger charge is 2.65. The highest BCUT2D eigenvalue weighted by Crippen LogP contribution is 2.68. The SMILES string of the molecule is C[C@H](CCC(=O)N[C@H](C)C(=O)O)[C@H]1CC[C@H]2[C@@H]3[C@@H](O)[C@@H](O)[C@@H]4C[C@H](O)CC[C@]4(C)[C@H]3CC[C@]12C. The van der Waals surface area contributed by atoms with Gasteiger partial charge in [0.15, 0.2) is 0 Å². The highest BCUT2D eigenvalue weighted by atomic mass is 16.4. The Kier molecular flexibility index (Phi) is 7.13. The van der Waals surface area contributed by atoms with E-state index in [4.69, 9.17) is 5.11 Å². The number of carbonyl (C=O) groups excluding carboxylic acids is 1. The van der Waals surface area contributed by atoms with Gasteiger partial charge in [0.05, 0.1) is 18.3 Å². The van der Waals surface area contributed by atoms with Crippen LogP contribution < -0.4 is 5.32 Å². The van der Waals surface area contributed by atoms with Gasteiger partial charge in [-0.3, -0.25) is 9.59 Å². The molecule has 0 saturated heterocycles. The molecule has 1 amide bonds. The minimum atomic E-state index is -1.03. The van der Waals surface area contributed by atoms with Crippen molar-refractivity contribution in [3.05, 3.63) is 0 Å². The Morgan fingerprint density at radius 2 is 1.56 bits per heavy atom. The number of carboxylic acids is 1. The Morgan fingerprint density at radius 3 is 2.24 bits per heavy atom. The third-order valence-electron chi connectivity index (χ3n) is 11.1. The molecule has 12 atom stereocenters. The summed E-state index contributed by atoms with van der Waals surface area (Å²) in [5.74, 6) is 0.312. The predicted octanol–water partition coefficient (Wildman–Crippen LogP) is 2.95. The summed E-state index contributed by atoms with van der Waals surface area (Å²) in [6, 6.07) is -0.878. The van der Waals surface area contributed by atoms with Crippen LogP contribution in [0.2, 0.25) is 0 Å². The first kappa shape index (κ1) is 25.9. The minimum Gasteiger partial charge on any atom is -0.480 e. The number of aliphatic carboxylic acids is 1. The molecular weight excluding hydrogens is 434 g/mol. The molecule has 5 N–H and O–H groups in total. The van der Waals surface area contributed by atoms with Gasteiger partial charge >= 0.3 is 5.97 Å². The number of amides is 1. The Hall–Kier alpha value is -1.18.